The number of aryl methyl sites for hydroxylation is 3. The van der Waals surface area contributed by atoms with Gasteiger partial charge in [0.25, 0.3) is 10.0 Å². The van der Waals surface area contributed by atoms with Crippen LogP contribution in [0.1, 0.15) is 48.6 Å². The number of carbonyl (C=O) groups is 2. The number of sulfonamides is 1. The maximum atomic E-state index is 14.7. The Morgan fingerprint density at radius 1 is 0.830 bits per heavy atom. The van der Waals surface area contributed by atoms with Gasteiger partial charge in [-0.1, -0.05) is 83.4 Å². The van der Waals surface area contributed by atoms with Crippen LogP contribution in [0.15, 0.2) is 95.9 Å². The fourth-order valence-corrected chi connectivity index (χ4v) is 6.96. The standard InChI is InChI=1S/C37H41Cl2N3O4S/c1-25-12-18-32(19-13-25)47(45,46)42(31-17-14-26(2)27(3)20-31)24-35(43)41(23-29-15-16-30(38)22-33(29)39)34(36(44)40-37(4,5)6)21-28-10-8-7-9-11-28/h7-20,22,34H,21,23-24H2,1-6H3,(H,40,44)/t34-/m1/s1. The van der Waals surface area contributed by atoms with Crippen LogP contribution < -0.4 is 9.62 Å². The van der Waals surface area contributed by atoms with Crippen molar-refractivity contribution in [1.29, 1.82) is 0 Å². The number of benzene rings is 4. The van der Waals surface area contributed by atoms with Gasteiger partial charge in [-0.2, -0.15) is 0 Å². The van der Waals surface area contributed by atoms with E-state index in [1.54, 1.807) is 42.5 Å². The van der Waals surface area contributed by atoms with Gasteiger partial charge in [0.15, 0.2) is 0 Å². The van der Waals surface area contributed by atoms with Crippen LogP contribution in [-0.2, 0) is 32.6 Å². The lowest BCUT2D eigenvalue weighted by molar-refractivity contribution is -0.140. The fraction of sp³-hybridized carbons (Fsp3) is 0.297. The summed E-state index contributed by atoms with van der Waals surface area (Å²) < 4.78 is 29.7. The number of halogens is 2. The van der Waals surface area contributed by atoms with Crippen molar-refractivity contribution in [1.82, 2.24) is 10.2 Å². The topological polar surface area (TPSA) is 86.8 Å². The summed E-state index contributed by atoms with van der Waals surface area (Å²) in [5, 5.41) is 3.77. The number of nitrogens with zero attached hydrogens (tertiary/aromatic N) is 2. The quantitative estimate of drug-likeness (QED) is 0.175. The molecule has 4 rings (SSSR count). The molecule has 0 spiro atoms. The molecule has 0 saturated heterocycles. The van der Waals surface area contributed by atoms with Crippen LogP contribution in [-0.4, -0.2) is 43.3 Å². The third kappa shape index (κ3) is 9.37. The Morgan fingerprint density at radius 3 is 2.09 bits per heavy atom. The molecule has 0 aliphatic rings. The van der Waals surface area contributed by atoms with Gasteiger partial charge in [-0.05, 0) is 100 Å². The first-order valence-corrected chi connectivity index (χ1v) is 17.5. The molecule has 1 atom stereocenters. The van der Waals surface area contributed by atoms with Crippen LogP contribution in [0, 0.1) is 20.8 Å². The van der Waals surface area contributed by atoms with Gasteiger partial charge in [0, 0.05) is 28.5 Å². The van der Waals surface area contributed by atoms with Crippen molar-refractivity contribution in [3.05, 3.63) is 129 Å². The molecule has 47 heavy (non-hydrogen) atoms. The number of anilines is 1. The van der Waals surface area contributed by atoms with E-state index in [4.69, 9.17) is 23.2 Å². The van der Waals surface area contributed by atoms with Crippen molar-refractivity contribution >= 4 is 50.7 Å². The molecule has 248 valence electrons. The Morgan fingerprint density at radius 2 is 1.49 bits per heavy atom. The Bertz CT molecular complexity index is 1840. The summed E-state index contributed by atoms with van der Waals surface area (Å²) in [7, 11) is -4.21. The first kappa shape index (κ1) is 36.0. The van der Waals surface area contributed by atoms with E-state index in [2.05, 4.69) is 5.32 Å². The molecule has 10 heteroatoms. The van der Waals surface area contributed by atoms with Gasteiger partial charge in [0.2, 0.25) is 11.8 Å². The number of rotatable bonds is 11. The molecular weight excluding hydrogens is 653 g/mol. The van der Waals surface area contributed by atoms with Gasteiger partial charge in [-0.15, -0.1) is 0 Å². The highest BCUT2D eigenvalue weighted by molar-refractivity contribution is 7.92. The van der Waals surface area contributed by atoms with E-state index >= 15 is 0 Å². The molecule has 0 aliphatic carbocycles. The Balaban J connectivity index is 1.86. The Labute approximate surface area is 288 Å². The summed E-state index contributed by atoms with van der Waals surface area (Å²) in [6, 6.07) is 25.1. The number of hydrogen-bond donors (Lipinski definition) is 1. The maximum absolute atomic E-state index is 14.7. The van der Waals surface area contributed by atoms with E-state index in [-0.39, 0.29) is 23.8 Å². The summed E-state index contributed by atoms with van der Waals surface area (Å²) in [6.07, 6.45) is 0.189. The van der Waals surface area contributed by atoms with Crippen LogP contribution in [0.25, 0.3) is 0 Å². The SMILES string of the molecule is Cc1ccc(S(=O)(=O)N(CC(=O)N(Cc2ccc(Cl)cc2Cl)[C@H](Cc2ccccc2)C(=O)NC(C)(C)C)c2ccc(C)c(C)c2)cc1. The summed E-state index contributed by atoms with van der Waals surface area (Å²) >= 11 is 12.8. The zero-order chi connectivity index (χ0) is 34.5. The van der Waals surface area contributed by atoms with Crippen molar-refractivity contribution in [3.8, 4) is 0 Å². The Kier molecular flexibility index (Phi) is 11.4. The lowest BCUT2D eigenvalue weighted by atomic mass is 10.0. The molecule has 0 bridgehead atoms. The molecule has 4 aromatic carbocycles. The molecule has 0 fully saturated rings. The Hall–Kier alpha value is -3.85. The second kappa shape index (κ2) is 14.9. The molecular formula is C37H41Cl2N3O4S. The lowest BCUT2D eigenvalue weighted by Gasteiger charge is -2.35. The van der Waals surface area contributed by atoms with Crippen molar-refractivity contribution in [2.24, 2.45) is 0 Å². The second-order valence-electron chi connectivity index (χ2n) is 12.8. The smallest absolute Gasteiger partial charge is 0.264 e. The van der Waals surface area contributed by atoms with E-state index in [1.807, 2.05) is 77.9 Å². The minimum absolute atomic E-state index is 0.0488. The minimum Gasteiger partial charge on any atom is -0.350 e. The molecule has 0 saturated carbocycles. The minimum atomic E-state index is -4.21. The monoisotopic (exact) mass is 693 g/mol. The predicted molar refractivity (Wildman–Crippen MR) is 190 cm³/mol. The normalized spacial score (nSPS) is 12.3. The highest BCUT2D eigenvalue weighted by atomic mass is 35.5. The molecule has 0 heterocycles. The summed E-state index contributed by atoms with van der Waals surface area (Å²) in [5.74, 6) is -0.950. The molecule has 1 N–H and O–H groups in total. The lowest BCUT2D eigenvalue weighted by Crippen LogP contribution is -2.56. The predicted octanol–water partition coefficient (Wildman–Crippen LogP) is 7.67. The highest BCUT2D eigenvalue weighted by Crippen LogP contribution is 2.28. The molecule has 0 aromatic heterocycles. The number of hydrogen-bond acceptors (Lipinski definition) is 4. The second-order valence-corrected chi connectivity index (χ2v) is 15.5. The highest BCUT2D eigenvalue weighted by Gasteiger charge is 2.36. The van der Waals surface area contributed by atoms with Crippen LogP contribution in [0.2, 0.25) is 10.0 Å². The molecule has 2 amide bonds. The third-order valence-electron chi connectivity index (χ3n) is 7.79. The van der Waals surface area contributed by atoms with E-state index in [9.17, 15) is 18.0 Å². The summed E-state index contributed by atoms with van der Waals surface area (Å²) in [5.41, 5.74) is 3.88. The number of amides is 2. The van der Waals surface area contributed by atoms with Crippen LogP contribution >= 0.6 is 23.2 Å². The number of carbonyl (C=O) groups excluding carboxylic acids is 2. The van der Waals surface area contributed by atoms with Crippen molar-refractivity contribution in [3.63, 3.8) is 0 Å². The van der Waals surface area contributed by atoms with Crippen molar-refractivity contribution in [2.45, 2.75) is 71.0 Å². The van der Waals surface area contributed by atoms with Crippen molar-refractivity contribution < 1.29 is 18.0 Å². The molecule has 0 unspecified atom stereocenters. The van der Waals surface area contributed by atoms with E-state index < -0.39 is 34.1 Å². The largest absolute Gasteiger partial charge is 0.350 e. The van der Waals surface area contributed by atoms with Crippen LogP contribution in [0.4, 0.5) is 5.69 Å². The molecule has 7 nitrogen and oxygen atoms in total. The molecule has 0 radical (unpaired) electrons. The van der Waals surface area contributed by atoms with Gasteiger partial charge < -0.3 is 10.2 Å². The maximum Gasteiger partial charge on any atom is 0.264 e. The van der Waals surface area contributed by atoms with Gasteiger partial charge in [0.05, 0.1) is 10.6 Å². The average Bonchev–Trinajstić information content (AvgIpc) is 2.99. The zero-order valence-corrected chi connectivity index (χ0v) is 29.9. The van der Waals surface area contributed by atoms with Crippen molar-refractivity contribution in [2.75, 3.05) is 10.8 Å². The molecule has 4 aromatic rings. The van der Waals surface area contributed by atoms with Gasteiger partial charge in [-0.25, -0.2) is 8.42 Å². The first-order valence-electron chi connectivity index (χ1n) is 15.3. The average molecular weight is 695 g/mol. The van der Waals surface area contributed by atoms with Crippen LogP contribution in [0.3, 0.4) is 0 Å². The van der Waals surface area contributed by atoms with Gasteiger partial charge in [0.1, 0.15) is 12.6 Å². The number of nitrogens with one attached hydrogen (secondary N) is 1. The molecule has 0 aliphatic heterocycles. The van der Waals surface area contributed by atoms with Crippen LogP contribution in [0.5, 0.6) is 0 Å². The van der Waals surface area contributed by atoms with Gasteiger partial charge >= 0.3 is 0 Å². The summed E-state index contributed by atoms with van der Waals surface area (Å²) in [4.78, 5) is 30.2. The van der Waals surface area contributed by atoms with Gasteiger partial charge in [-0.3, -0.25) is 13.9 Å². The third-order valence-corrected chi connectivity index (χ3v) is 10.2. The van der Waals surface area contributed by atoms with E-state index in [1.165, 1.54) is 17.0 Å². The van der Waals surface area contributed by atoms with E-state index in [0.717, 1.165) is 26.6 Å². The fourth-order valence-electron chi connectivity index (χ4n) is 5.09. The van der Waals surface area contributed by atoms with E-state index in [0.29, 0.717) is 21.3 Å². The first-order chi connectivity index (χ1) is 22.0. The zero-order valence-electron chi connectivity index (χ0n) is 27.6. The summed E-state index contributed by atoms with van der Waals surface area (Å²) in [6.45, 7) is 10.7.